The second-order valence-corrected chi connectivity index (χ2v) is 7.58. The molecule has 2 atom stereocenters. The number of pyridine rings is 1. The molecule has 0 bridgehead atoms. The van der Waals surface area contributed by atoms with Gasteiger partial charge in [0.15, 0.2) is 0 Å². The van der Waals surface area contributed by atoms with Gasteiger partial charge in [0, 0.05) is 23.5 Å². The lowest BCUT2D eigenvalue weighted by Gasteiger charge is -2.11. The molecule has 2 aromatic rings. The maximum absolute atomic E-state index is 4.10. The van der Waals surface area contributed by atoms with Gasteiger partial charge in [-0.2, -0.15) is 0 Å². The first-order valence-corrected chi connectivity index (χ1v) is 11.9. The number of aromatic nitrogens is 2. The van der Waals surface area contributed by atoms with Gasteiger partial charge in [0.1, 0.15) is 0 Å². The Balaban J connectivity index is 0. The number of hydrogen-bond acceptors (Lipinski definition) is 3. The molecule has 2 aromatic heterocycles. The van der Waals surface area contributed by atoms with Crippen LogP contribution in [0.4, 0.5) is 0 Å². The molecule has 0 aliphatic heterocycles. The largest absolute Gasteiger partial charge is 0.264 e. The van der Waals surface area contributed by atoms with Crippen molar-refractivity contribution in [2.24, 2.45) is 11.8 Å². The average molecular weight is 417 g/mol. The molecule has 164 valence electrons. The number of nitrogens with zero attached hydrogens (tertiary/aromatic N) is 2. The Kier molecular flexibility index (Phi) is 19.9. The summed E-state index contributed by atoms with van der Waals surface area (Å²) >= 11 is 1.74. The topological polar surface area (TPSA) is 25.8 Å². The zero-order valence-electron chi connectivity index (χ0n) is 20.5. The highest BCUT2D eigenvalue weighted by Gasteiger charge is 2.05. The van der Waals surface area contributed by atoms with E-state index in [9.17, 15) is 0 Å². The monoisotopic (exact) mass is 416 g/mol. The zero-order valence-corrected chi connectivity index (χ0v) is 21.3. The second kappa shape index (κ2) is 19.6. The Hall–Kier alpha value is -1.74. The van der Waals surface area contributed by atoms with E-state index in [0.29, 0.717) is 11.8 Å². The Morgan fingerprint density at radius 3 is 1.86 bits per heavy atom. The molecule has 0 fully saturated rings. The first kappa shape index (κ1) is 29.5. The van der Waals surface area contributed by atoms with Crippen molar-refractivity contribution in [3.63, 3.8) is 0 Å². The predicted molar refractivity (Wildman–Crippen MR) is 134 cm³/mol. The van der Waals surface area contributed by atoms with Crippen LogP contribution in [0.1, 0.15) is 79.7 Å². The van der Waals surface area contributed by atoms with Crippen molar-refractivity contribution in [1.29, 1.82) is 0 Å². The predicted octanol–water partition coefficient (Wildman–Crippen LogP) is 8.57. The van der Waals surface area contributed by atoms with Gasteiger partial charge < -0.3 is 0 Å². The molecule has 2 unspecified atom stereocenters. The molecule has 0 radical (unpaired) electrons. The highest BCUT2D eigenvalue weighted by atomic mass is 32.1. The smallest absolute Gasteiger partial charge is 0.0794 e. The van der Waals surface area contributed by atoms with Crippen molar-refractivity contribution < 1.29 is 0 Å². The maximum atomic E-state index is 4.10. The van der Waals surface area contributed by atoms with Gasteiger partial charge >= 0.3 is 0 Å². The molecule has 0 aliphatic rings. The van der Waals surface area contributed by atoms with Crippen LogP contribution >= 0.6 is 11.3 Å². The standard InChI is InChI=1S/C12H17N.C10H15NS.2C2H6/c1-4-10(2)11(3)8-12-6-5-7-13-9-12;1-4-8(2)9(3)5-10-6-11-7-12-10;2*1-2/h4-7,9,11H,8H2,1-3H3;4,6-7,9H,5H2,1-3H3;2*1-2H3/b10-4+;8-4+;;. The fourth-order valence-electron chi connectivity index (χ4n) is 2.41. The van der Waals surface area contributed by atoms with Crippen LogP contribution in [0.15, 0.2) is 59.5 Å². The molecule has 0 aromatic carbocycles. The van der Waals surface area contributed by atoms with Crippen molar-refractivity contribution in [3.8, 4) is 0 Å². The van der Waals surface area contributed by atoms with Gasteiger partial charge in [-0.3, -0.25) is 9.97 Å². The van der Waals surface area contributed by atoms with Crippen LogP contribution in [0, 0.1) is 11.8 Å². The van der Waals surface area contributed by atoms with Gasteiger partial charge in [0.2, 0.25) is 0 Å². The van der Waals surface area contributed by atoms with E-state index in [4.69, 9.17) is 0 Å². The van der Waals surface area contributed by atoms with Crippen LogP contribution in [-0.2, 0) is 12.8 Å². The first-order valence-electron chi connectivity index (χ1n) is 11.0. The molecule has 0 spiro atoms. The summed E-state index contributed by atoms with van der Waals surface area (Å²) < 4.78 is 0. The lowest BCUT2D eigenvalue weighted by Crippen LogP contribution is -2.01. The van der Waals surface area contributed by atoms with E-state index in [1.807, 2.05) is 57.9 Å². The number of thiazole rings is 1. The Morgan fingerprint density at radius 2 is 1.45 bits per heavy atom. The quantitative estimate of drug-likeness (QED) is 0.441. The summed E-state index contributed by atoms with van der Waals surface area (Å²) in [5.41, 5.74) is 6.12. The van der Waals surface area contributed by atoms with Crippen molar-refractivity contribution >= 4 is 11.3 Å². The fraction of sp³-hybridized carbons (Fsp3) is 0.538. The summed E-state index contributed by atoms with van der Waals surface area (Å²) in [6, 6.07) is 4.12. The third-order valence-corrected chi connectivity index (χ3v) is 5.52. The van der Waals surface area contributed by atoms with Gasteiger partial charge in [-0.25, -0.2) is 0 Å². The normalized spacial score (nSPS) is 12.9. The Morgan fingerprint density at radius 1 is 0.897 bits per heavy atom. The molecule has 29 heavy (non-hydrogen) atoms. The third kappa shape index (κ3) is 14.0. The summed E-state index contributed by atoms with van der Waals surface area (Å²) in [6.07, 6.45) is 12.3. The molecule has 3 heteroatoms. The highest BCUT2D eigenvalue weighted by molar-refractivity contribution is 7.09. The van der Waals surface area contributed by atoms with Crippen LogP contribution < -0.4 is 0 Å². The number of rotatable bonds is 6. The molecule has 0 N–H and O–H groups in total. The van der Waals surface area contributed by atoms with Crippen LogP contribution in [0.25, 0.3) is 0 Å². The average Bonchev–Trinajstić information content (AvgIpc) is 3.29. The minimum absolute atomic E-state index is 0.620. The van der Waals surface area contributed by atoms with E-state index < -0.39 is 0 Å². The van der Waals surface area contributed by atoms with Gasteiger partial charge in [-0.05, 0) is 64.0 Å². The van der Waals surface area contributed by atoms with E-state index >= 15 is 0 Å². The van der Waals surface area contributed by atoms with Crippen LogP contribution in [0.2, 0.25) is 0 Å². The van der Waals surface area contributed by atoms with E-state index in [2.05, 4.69) is 69.7 Å². The molecular formula is C26H44N2S. The number of allylic oxidation sites excluding steroid dienone is 4. The summed E-state index contributed by atoms with van der Waals surface area (Å²) in [6.45, 7) is 21.1. The highest BCUT2D eigenvalue weighted by Crippen LogP contribution is 2.18. The molecule has 0 amide bonds. The number of hydrogen-bond donors (Lipinski definition) is 0. The minimum Gasteiger partial charge on any atom is -0.264 e. The fourth-order valence-corrected chi connectivity index (χ4v) is 3.13. The summed E-state index contributed by atoms with van der Waals surface area (Å²) in [5, 5.41) is 0. The first-order chi connectivity index (χ1) is 14.0. The molecule has 0 saturated carbocycles. The SMILES string of the molecule is C/C=C(\C)C(C)Cc1cccnc1.C/C=C(\C)C(C)Cc1cncs1.CC.CC. The molecular weight excluding hydrogens is 372 g/mol. The lowest BCUT2D eigenvalue weighted by molar-refractivity contribution is 0.674. The molecule has 2 nitrogen and oxygen atoms in total. The summed E-state index contributed by atoms with van der Waals surface area (Å²) in [7, 11) is 0. The van der Waals surface area contributed by atoms with Crippen molar-refractivity contribution in [2.75, 3.05) is 0 Å². The van der Waals surface area contributed by atoms with Crippen molar-refractivity contribution in [1.82, 2.24) is 9.97 Å². The second-order valence-electron chi connectivity index (χ2n) is 6.60. The molecule has 0 aliphatic carbocycles. The zero-order chi connectivity index (χ0) is 22.7. The van der Waals surface area contributed by atoms with Crippen molar-refractivity contribution in [3.05, 3.63) is 70.0 Å². The van der Waals surface area contributed by atoms with E-state index in [1.54, 1.807) is 11.3 Å². The third-order valence-electron chi connectivity index (χ3n) is 4.72. The maximum Gasteiger partial charge on any atom is 0.0794 e. The molecule has 2 rings (SSSR count). The summed E-state index contributed by atoms with van der Waals surface area (Å²) in [4.78, 5) is 9.54. The van der Waals surface area contributed by atoms with Gasteiger partial charge in [-0.15, -0.1) is 11.3 Å². The Bertz CT molecular complexity index is 643. The molecule has 0 saturated heterocycles. The van der Waals surface area contributed by atoms with Gasteiger partial charge in [-0.1, -0.05) is 70.9 Å². The van der Waals surface area contributed by atoms with Gasteiger partial charge in [0.05, 0.1) is 5.51 Å². The van der Waals surface area contributed by atoms with Crippen LogP contribution in [0.3, 0.4) is 0 Å². The van der Waals surface area contributed by atoms with E-state index in [0.717, 1.165) is 12.8 Å². The van der Waals surface area contributed by atoms with Gasteiger partial charge in [0.25, 0.3) is 0 Å². The Labute approximate surface area is 185 Å². The van der Waals surface area contributed by atoms with Crippen LogP contribution in [-0.4, -0.2) is 9.97 Å². The lowest BCUT2D eigenvalue weighted by atomic mass is 9.95. The van der Waals surface area contributed by atoms with Crippen molar-refractivity contribution in [2.45, 2.75) is 82.1 Å². The van der Waals surface area contributed by atoms with E-state index in [1.165, 1.54) is 21.6 Å². The van der Waals surface area contributed by atoms with E-state index in [-0.39, 0.29) is 0 Å². The van der Waals surface area contributed by atoms with Crippen LogP contribution in [0.5, 0.6) is 0 Å². The summed E-state index contributed by atoms with van der Waals surface area (Å²) in [5.74, 6) is 1.27. The minimum atomic E-state index is 0.620. The molecule has 2 heterocycles.